The van der Waals surface area contributed by atoms with Crippen molar-refractivity contribution in [1.82, 2.24) is 5.32 Å². The van der Waals surface area contributed by atoms with Gasteiger partial charge in [-0.05, 0) is 32.4 Å². The molecule has 0 heterocycles. The summed E-state index contributed by atoms with van der Waals surface area (Å²) in [6, 6.07) is 14.0. The fourth-order valence-corrected chi connectivity index (χ4v) is 3.12. The smallest absolute Gasteiger partial charge is 0.412 e. The second-order valence-corrected chi connectivity index (χ2v) is 9.52. The van der Waals surface area contributed by atoms with Gasteiger partial charge < -0.3 is 14.6 Å². The Morgan fingerprint density at radius 2 is 1.80 bits per heavy atom. The zero-order valence-electron chi connectivity index (χ0n) is 17.2. The minimum absolute atomic E-state index is 0.0856. The molecular formula is C21H24ClN3O4S. The van der Waals surface area contributed by atoms with E-state index in [1.54, 1.807) is 39.0 Å². The Morgan fingerprint density at radius 1 is 1.13 bits per heavy atom. The van der Waals surface area contributed by atoms with E-state index in [-0.39, 0.29) is 28.6 Å². The van der Waals surface area contributed by atoms with Crippen molar-refractivity contribution in [2.24, 2.45) is 4.40 Å². The minimum atomic E-state index is -1.68. The van der Waals surface area contributed by atoms with Gasteiger partial charge in [-0.3, -0.25) is 10.1 Å². The van der Waals surface area contributed by atoms with E-state index in [1.165, 1.54) is 7.05 Å². The number of nitrogens with one attached hydrogen (secondary N) is 2. The van der Waals surface area contributed by atoms with Gasteiger partial charge in [0, 0.05) is 12.6 Å². The average Bonchev–Trinajstić information content (AvgIpc) is 2.71. The molecule has 0 spiro atoms. The molecule has 2 aromatic rings. The molecule has 2 N–H and O–H groups in total. The van der Waals surface area contributed by atoms with E-state index in [4.69, 9.17) is 16.3 Å². The largest absolute Gasteiger partial charge is 0.591 e. The minimum Gasteiger partial charge on any atom is -0.591 e. The van der Waals surface area contributed by atoms with Gasteiger partial charge in [-0.25, -0.2) is 4.79 Å². The average molecular weight is 450 g/mol. The molecule has 7 nitrogen and oxygen atoms in total. The summed E-state index contributed by atoms with van der Waals surface area (Å²) >= 11 is 4.75. The summed E-state index contributed by atoms with van der Waals surface area (Å²) in [5.41, 5.74) is 1.24. The van der Waals surface area contributed by atoms with Gasteiger partial charge in [0.1, 0.15) is 22.7 Å². The number of hydrogen-bond donors (Lipinski definition) is 2. The fraction of sp³-hybridized carbons (Fsp3) is 0.286. The lowest BCUT2D eigenvalue weighted by Crippen LogP contribution is -2.33. The van der Waals surface area contributed by atoms with E-state index in [2.05, 4.69) is 15.0 Å². The Labute approximate surface area is 184 Å². The molecule has 2 aromatic carbocycles. The summed E-state index contributed by atoms with van der Waals surface area (Å²) in [4.78, 5) is 24.5. The maximum Gasteiger partial charge on any atom is 0.412 e. The molecular weight excluding hydrogens is 426 g/mol. The van der Waals surface area contributed by atoms with Gasteiger partial charge >= 0.3 is 6.09 Å². The van der Waals surface area contributed by atoms with Crippen molar-refractivity contribution >= 4 is 46.4 Å². The monoisotopic (exact) mass is 449 g/mol. The highest BCUT2D eigenvalue weighted by Gasteiger charge is 2.30. The molecule has 0 unspecified atom stereocenters. The van der Waals surface area contributed by atoms with Crippen LogP contribution in [-0.4, -0.2) is 34.1 Å². The highest BCUT2D eigenvalue weighted by atomic mass is 35.5. The number of amides is 2. The first-order valence-corrected chi connectivity index (χ1v) is 10.6. The number of carbonyl (C=O) groups excluding carboxylic acids is 2. The number of anilines is 1. The lowest BCUT2D eigenvalue weighted by atomic mass is 10.1. The molecule has 0 aliphatic carbocycles. The third-order valence-corrected chi connectivity index (χ3v) is 5.65. The Morgan fingerprint density at radius 3 is 2.40 bits per heavy atom. The van der Waals surface area contributed by atoms with Gasteiger partial charge in [-0.15, -0.1) is 0 Å². The quantitative estimate of drug-likeness (QED) is 0.512. The molecule has 0 saturated heterocycles. The first-order valence-electron chi connectivity index (χ1n) is 9.13. The van der Waals surface area contributed by atoms with Crippen LogP contribution in [-0.2, 0) is 27.5 Å². The van der Waals surface area contributed by atoms with Crippen molar-refractivity contribution in [2.75, 3.05) is 12.4 Å². The van der Waals surface area contributed by atoms with E-state index in [9.17, 15) is 14.1 Å². The number of rotatable bonds is 6. The van der Waals surface area contributed by atoms with Crippen LogP contribution in [0, 0.1) is 0 Å². The topological polar surface area (TPSA) is 103 Å². The van der Waals surface area contributed by atoms with E-state index in [0.29, 0.717) is 0 Å². The molecule has 0 aliphatic rings. The summed E-state index contributed by atoms with van der Waals surface area (Å²) < 4.78 is 21.1. The highest BCUT2D eigenvalue weighted by molar-refractivity contribution is 7.91. The third-order valence-electron chi connectivity index (χ3n) is 3.84. The van der Waals surface area contributed by atoms with Crippen molar-refractivity contribution in [1.29, 1.82) is 0 Å². The first kappa shape index (κ1) is 23.7. The van der Waals surface area contributed by atoms with Crippen LogP contribution in [0.15, 0.2) is 52.9 Å². The molecule has 30 heavy (non-hydrogen) atoms. The van der Waals surface area contributed by atoms with Crippen LogP contribution >= 0.6 is 11.6 Å². The number of hydrogen-bond acceptors (Lipinski definition) is 5. The maximum absolute atomic E-state index is 12.5. The van der Waals surface area contributed by atoms with E-state index >= 15 is 0 Å². The van der Waals surface area contributed by atoms with Crippen molar-refractivity contribution in [3.05, 3.63) is 64.7 Å². The molecule has 160 valence electrons. The molecule has 0 aromatic heterocycles. The molecule has 0 saturated carbocycles. The van der Waals surface area contributed by atoms with Gasteiger partial charge in [0.05, 0.1) is 10.7 Å². The summed E-state index contributed by atoms with van der Waals surface area (Å²) in [5, 5.41) is 5.12. The molecule has 1 atom stereocenters. The standard InChI is InChI=1S/C21H24ClN3O4S/c1-21(2,3)30(28)25-18(19(26)23-4)15-11-8-12-16(17(15)22)24-20(27)29-13-14-9-6-5-7-10-14/h5-12H,13H2,1-4H3,(H,23,26)(H,24,27)/t30-/m1/s1. The zero-order chi connectivity index (χ0) is 22.3. The lowest BCUT2D eigenvalue weighted by molar-refractivity contribution is -0.114. The van der Waals surface area contributed by atoms with Gasteiger partial charge in [0.25, 0.3) is 5.91 Å². The Kier molecular flexibility index (Phi) is 8.28. The highest BCUT2D eigenvalue weighted by Crippen LogP contribution is 2.28. The summed E-state index contributed by atoms with van der Waals surface area (Å²) in [6.45, 7) is 5.34. The normalized spacial score (nSPS) is 12.8. The molecule has 2 rings (SSSR count). The van der Waals surface area contributed by atoms with Crippen molar-refractivity contribution in [3.8, 4) is 0 Å². The van der Waals surface area contributed by atoms with Crippen LogP contribution in [0.2, 0.25) is 5.02 Å². The Bertz CT molecular complexity index is 930. The number of carbonyl (C=O) groups is 2. The van der Waals surface area contributed by atoms with Gasteiger partial charge in [0.2, 0.25) is 0 Å². The predicted octanol–water partition coefficient (Wildman–Crippen LogP) is 4.09. The lowest BCUT2D eigenvalue weighted by Gasteiger charge is -2.19. The van der Waals surface area contributed by atoms with Gasteiger partial charge in [-0.1, -0.05) is 58.5 Å². The van der Waals surface area contributed by atoms with Crippen LogP contribution < -0.4 is 10.6 Å². The number of ether oxygens (including phenoxy) is 1. The maximum atomic E-state index is 12.5. The van der Waals surface area contributed by atoms with Crippen LogP contribution in [0.4, 0.5) is 10.5 Å². The molecule has 0 radical (unpaired) electrons. The number of likely N-dealkylation sites (N-methyl/N-ethyl adjacent to an activating group) is 1. The summed E-state index contributed by atoms with van der Waals surface area (Å²) in [6.07, 6.45) is -0.699. The zero-order valence-corrected chi connectivity index (χ0v) is 18.8. The van der Waals surface area contributed by atoms with Gasteiger partial charge in [0.15, 0.2) is 5.71 Å². The van der Waals surface area contributed by atoms with E-state index in [0.717, 1.165) is 5.56 Å². The first-order chi connectivity index (χ1) is 14.1. The Balaban J connectivity index is 2.25. The second kappa shape index (κ2) is 10.5. The van der Waals surface area contributed by atoms with Crippen LogP contribution in [0.25, 0.3) is 0 Å². The van der Waals surface area contributed by atoms with Crippen LogP contribution in [0.1, 0.15) is 31.9 Å². The fourth-order valence-electron chi connectivity index (χ4n) is 2.23. The summed E-state index contributed by atoms with van der Waals surface area (Å²) in [7, 11) is 1.44. The molecule has 0 bridgehead atoms. The van der Waals surface area contributed by atoms with Crippen molar-refractivity contribution < 1.29 is 18.9 Å². The molecule has 0 aliphatic heterocycles. The van der Waals surface area contributed by atoms with Gasteiger partial charge in [-0.2, -0.15) is 0 Å². The SMILES string of the molecule is CNC(=O)C(=N[S@+]([O-])C(C)(C)C)c1cccc(NC(=O)OCc2ccccc2)c1Cl. The number of halogens is 1. The molecule has 2 amide bonds. The summed E-state index contributed by atoms with van der Waals surface area (Å²) in [5.74, 6) is -0.543. The molecule has 0 fully saturated rings. The number of nitrogens with zero attached hydrogens (tertiary/aromatic N) is 1. The third kappa shape index (κ3) is 6.48. The van der Waals surface area contributed by atoms with Crippen LogP contribution in [0.3, 0.4) is 0 Å². The van der Waals surface area contributed by atoms with E-state index in [1.807, 2.05) is 30.3 Å². The van der Waals surface area contributed by atoms with Crippen molar-refractivity contribution in [2.45, 2.75) is 32.1 Å². The molecule has 9 heteroatoms. The van der Waals surface area contributed by atoms with Crippen LogP contribution in [0.5, 0.6) is 0 Å². The van der Waals surface area contributed by atoms with Crippen molar-refractivity contribution in [3.63, 3.8) is 0 Å². The Hall–Kier alpha value is -2.55. The number of benzene rings is 2. The predicted molar refractivity (Wildman–Crippen MR) is 120 cm³/mol. The van der Waals surface area contributed by atoms with E-state index < -0.39 is 28.1 Å². The second-order valence-electron chi connectivity index (χ2n) is 7.23.